The third kappa shape index (κ3) is 3.28. The molecule has 0 radical (unpaired) electrons. The maximum Gasteiger partial charge on any atom is 0.171 e. The third-order valence-electron chi connectivity index (χ3n) is 3.53. The largest absolute Gasteiger partial charge is 0.459 e. The van der Waals surface area contributed by atoms with Gasteiger partial charge >= 0.3 is 0 Å². The molecule has 1 atom stereocenters. The van der Waals surface area contributed by atoms with Crippen LogP contribution in [0.1, 0.15) is 24.3 Å². The van der Waals surface area contributed by atoms with E-state index in [9.17, 15) is 0 Å². The molecule has 3 aromatic rings. The number of thiocarbonyl (C=S) groups is 1. The van der Waals surface area contributed by atoms with Crippen LogP contribution in [0.15, 0.2) is 59.0 Å². The first-order valence-electron chi connectivity index (χ1n) is 7.24. The summed E-state index contributed by atoms with van der Waals surface area (Å²) < 4.78 is 5.85. The molecule has 2 N–H and O–H groups in total. The van der Waals surface area contributed by atoms with Gasteiger partial charge in [0.15, 0.2) is 5.11 Å². The van der Waals surface area contributed by atoms with Crippen LogP contribution in [0.4, 0.5) is 5.69 Å². The van der Waals surface area contributed by atoms with Crippen LogP contribution in [-0.4, -0.2) is 5.11 Å². The van der Waals surface area contributed by atoms with Gasteiger partial charge in [-0.05, 0) is 50.3 Å². The number of para-hydroxylation sites is 1. The second kappa shape index (κ2) is 6.20. The zero-order valence-electron chi connectivity index (χ0n) is 12.6. The Labute approximate surface area is 135 Å². The molecule has 0 saturated carbocycles. The van der Waals surface area contributed by atoms with Crippen LogP contribution in [-0.2, 0) is 0 Å². The highest BCUT2D eigenvalue weighted by Crippen LogP contribution is 2.23. The number of anilines is 1. The van der Waals surface area contributed by atoms with Gasteiger partial charge in [0.25, 0.3) is 0 Å². The Morgan fingerprint density at radius 1 is 1.09 bits per heavy atom. The standard InChI is InChI=1S/C18H18N2OS/c1-12-7-9-15(10-8-12)20-18(22)19-13(2)17-11-14-5-3-4-6-16(14)21-17/h3-11,13H,1-2H3,(H2,19,20,22)/t13-/m1/s1. The highest BCUT2D eigenvalue weighted by atomic mass is 32.1. The minimum atomic E-state index is -0.00199. The van der Waals surface area contributed by atoms with E-state index < -0.39 is 0 Å². The molecule has 0 fully saturated rings. The second-order valence-corrected chi connectivity index (χ2v) is 5.78. The van der Waals surface area contributed by atoms with Gasteiger partial charge in [0.2, 0.25) is 0 Å². The summed E-state index contributed by atoms with van der Waals surface area (Å²) in [6, 6.07) is 18.1. The van der Waals surface area contributed by atoms with E-state index >= 15 is 0 Å². The van der Waals surface area contributed by atoms with E-state index in [-0.39, 0.29) is 6.04 Å². The molecule has 1 aromatic heterocycles. The maximum atomic E-state index is 5.85. The molecule has 0 aliphatic rings. The van der Waals surface area contributed by atoms with Crippen LogP contribution in [0, 0.1) is 6.92 Å². The number of hydrogen-bond donors (Lipinski definition) is 2. The van der Waals surface area contributed by atoms with Crippen LogP contribution >= 0.6 is 12.2 Å². The number of furan rings is 1. The minimum absolute atomic E-state index is 0.00199. The van der Waals surface area contributed by atoms with Crippen molar-refractivity contribution < 1.29 is 4.42 Å². The zero-order chi connectivity index (χ0) is 15.5. The smallest absolute Gasteiger partial charge is 0.171 e. The van der Waals surface area contributed by atoms with Crippen molar-refractivity contribution in [3.8, 4) is 0 Å². The van der Waals surface area contributed by atoms with E-state index in [4.69, 9.17) is 16.6 Å². The molecule has 22 heavy (non-hydrogen) atoms. The first kappa shape index (κ1) is 14.6. The molecule has 0 unspecified atom stereocenters. The van der Waals surface area contributed by atoms with E-state index in [0.29, 0.717) is 5.11 Å². The van der Waals surface area contributed by atoms with Gasteiger partial charge in [0.05, 0.1) is 6.04 Å². The van der Waals surface area contributed by atoms with Crippen LogP contribution in [0.25, 0.3) is 11.0 Å². The number of rotatable bonds is 3. The van der Waals surface area contributed by atoms with Gasteiger partial charge in [-0.15, -0.1) is 0 Å². The molecule has 4 heteroatoms. The average molecular weight is 310 g/mol. The Hall–Kier alpha value is -2.33. The maximum absolute atomic E-state index is 5.85. The van der Waals surface area contributed by atoms with Crippen molar-refractivity contribution in [3.63, 3.8) is 0 Å². The molecule has 112 valence electrons. The predicted molar refractivity (Wildman–Crippen MR) is 95.2 cm³/mol. The molecular weight excluding hydrogens is 292 g/mol. The van der Waals surface area contributed by atoms with E-state index in [1.54, 1.807) is 0 Å². The van der Waals surface area contributed by atoms with Crippen LogP contribution in [0.5, 0.6) is 0 Å². The summed E-state index contributed by atoms with van der Waals surface area (Å²) in [5, 5.41) is 8.11. The molecule has 0 bridgehead atoms. The lowest BCUT2D eigenvalue weighted by Crippen LogP contribution is -2.30. The number of nitrogens with one attached hydrogen (secondary N) is 2. The van der Waals surface area contributed by atoms with E-state index in [0.717, 1.165) is 22.4 Å². The van der Waals surface area contributed by atoms with Crippen molar-refractivity contribution in [1.82, 2.24) is 5.32 Å². The third-order valence-corrected chi connectivity index (χ3v) is 3.75. The van der Waals surface area contributed by atoms with Gasteiger partial charge in [-0.3, -0.25) is 0 Å². The molecule has 1 heterocycles. The monoisotopic (exact) mass is 310 g/mol. The fourth-order valence-electron chi connectivity index (χ4n) is 2.29. The highest BCUT2D eigenvalue weighted by molar-refractivity contribution is 7.80. The SMILES string of the molecule is Cc1ccc(NC(=S)N[C@H](C)c2cc3ccccc3o2)cc1. The number of benzene rings is 2. The van der Waals surface area contributed by atoms with Crippen molar-refractivity contribution in [2.75, 3.05) is 5.32 Å². The van der Waals surface area contributed by atoms with Crippen molar-refractivity contribution in [2.45, 2.75) is 19.9 Å². The number of hydrogen-bond acceptors (Lipinski definition) is 2. The topological polar surface area (TPSA) is 37.2 Å². The van der Waals surface area contributed by atoms with Crippen LogP contribution in [0.2, 0.25) is 0 Å². The van der Waals surface area contributed by atoms with Gasteiger partial charge < -0.3 is 15.1 Å². The summed E-state index contributed by atoms with van der Waals surface area (Å²) in [5.41, 5.74) is 3.09. The van der Waals surface area contributed by atoms with Crippen molar-refractivity contribution in [2.24, 2.45) is 0 Å². The lowest BCUT2D eigenvalue weighted by Gasteiger charge is -2.15. The van der Waals surface area contributed by atoms with Gasteiger partial charge in [0, 0.05) is 11.1 Å². The first-order valence-corrected chi connectivity index (χ1v) is 7.65. The lowest BCUT2D eigenvalue weighted by molar-refractivity contribution is 0.493. The Morgan fingerprint density at radius 2 is 1.82 bits per heavy atom. The highest BCUT2D eigenvalue weighted by Gasteiger charge is 2.12. The van der Waals surface area contributed by atoms with Gasteiger partial charge in [-0.2, -0.15) is 0 Å². The van der Waals surface area contributed by atoms with Crippen molar-refractivity contribution >= 4 is 34.0 Å². The molecular formula is C18H18N2OS. The summed E-state index contributed by atoms with van der Waals surface area (Å²) in [4.78, 5) is 0. The average Bonchev–Trinajstić information content (AvgIpc) is 2.93. The summed E-state index contributed by atoms with van der Waals surface area (Å²) in [6.07, 6.45) is 0. The van der Waals surface area contributed by atoms with Crippen molar-refractivity contribution in [1.29, 1.82) is 0 Å². The second-order valence-electron chi connectivity index (χ2n) is 5.37. The summed E-state index contributed by atoms with van der Waals surface area (Å²) in [6.45, 7) is 4.09. The van der Waals surface area contributed by atoms with Gasteiger partial charge in [-0.25, -0.2) is 0 Å². The van der Waals surface area contributed by atoms with E-state index in [1.807, 2.05) is 61.5 Å². The van der Waals surface area contributed by atoms with Gasteiger partial charge in [-0.1, -0.05) is 35.9 Å². The quantitative estimate of drug-likeness (QED) is 0.682. The van der Waals surface area contributed by atoms with Crippen LogP contribution < -0.4 is 10.6 Å². The lowest BCUT2D eigenvalue weighted by atomic mass is 10.2. The Morgan fingerprint density at radius 3 is 2.55 bits per heavy atom. The number of aryl methyl sites for hydroxylation is 1. The molecule has 0 amide bonds. The Kier molecular flexibility index (Phi) is 4.11. The molecule has 0 spiro atoms. The molecule has 0 aliphatic carbocycles. The van der Waals surface area contributed by atoms with Crippen LogP contribution in [0.3, 0.4) is 0 Å². The van der Waals surface area contributed by atoms with E-state index in [1.165, 1.54) is 5.56 Å². The minimum Gasteiger partial charge on any atom is -0.459 e. The first-order chi connectivity index (χ1) is 10.6. The number of fused-ring (bicyclic) bond motifs is 1. The predicted octanol–water partition coefficient (Wildman–Crippen LogP) is 4.79. The summed E-state index contributed by atoms with van der Waals surface area (Å²) in [7, 11) is 0. The molecule has 3 rings (SSSR count). The van der Waals surface area contributed by atoms with Crippen molar-refractivity contribution in [3.05, 3.63) is 65.9 Å². The summed E-state index contributed by atoms with van der Waals surface area (Å²) in [5.74, 6) is 0.870. The Balaban J connectivity index is 1.66. The molecule has 0 aliphatic heterocycles. The molecule has 0 saturated heterocycles. The molecule has 3 nitrogen and oxygen atoms in total. The summed E-state index contributed by atoms with van der Waals surface area (Å²) >= 11 is 5.36. The van der Waals surface area contributed by atoms with E-state index in [2.05, 4.69) is 17.6 Å². The Bertz CT molecular complexity index is 759. The fraction of sp³-hybridized carbons (Fsp3) is 0.167. The zero-order valence-corrected chi connectivity index (χ0v) is 13.4. The molecule has 2 aromatic carbocycles. The normalized spacial score (nSPS) is 12.1. The fourth-order valence-corrected chi connectivity index (χ4v) is 2.58. The van der Waals surface area contributed by atoms with Gasteiger partial charge in [0.1, 0.15) is 11.3 Å².